The SMILES string of the molecule is CCS[C@H](C)C(=O)N1CCC2(CC1)c1nc[nH]c1CCN2C(=O)COC. The van der Waals surface area contributed by atoms with Crippen LogP contribution in [-0.4, -0.2) is 75.9 Å². The fraction of sp³-hybridized carbons (Fsp3) is 0.722. The van der Waals surface area contributed by atoms with Gasteiger partial charge in [-0.25, -0.2) is 4.98 Å². The van der Waals surface area contributed by atoms with Gasteiger partial charge < -0.3 is 19.5 Å². The van der Waals surface area contributed by atoms with Gasteiger partial charge in [0, 0.05) is 38.9 Å². The zero-order valence-corrected chi connectivity index (χ0v) is 16.6. The molecule has 1 aromatic heterocycles. The van der Waals surface area contributed by atoms with Crippen LogP contribution < -0.4 is 0 Å². The zero-order valence-electron chi connectivity index (χ0n) is 15.8. The number of likely N-dealkylation sites (tertiary alicyclic amines) is 1. The molecule has 1 aromatic rings. The Morgan fingerprint density at radius 1 is 1.38 bits per heavy atom. The standard InChI is InChI=1S/C18H28N4O3S/c1-4-26-13(2)17(24)21-9-6-18(7-10-21)16-14(19-12-20-16)5-8-22(18)15(23)11-25-3/h12-13H,4-11H2,1-3H3,(H,19,20)/t13-/m1/s1. The predicted molar refractivity (Wildman–Crippen MR) is 101 cm³/mol. The van der Waals surface area contributed by atoms with E-state index >= 15 is 0 Å². The number of amides is 2. The van der Waals surface area contributed by atoms with Crippen LogP contribution in [0.3, 0.4) is 0 Å². The molecular weight excluding hydrogens is 352 g/mol. The van der Waals surface area contributed by atoms with E-state index in [2.05, 4.69) is 16.9 Å². The first-order valence-corrected chi connectivity index (χ1v) is 10.3. The van der Waals surface area contributed by atoms with Crippen LogP contribution in [0.2, 0.25) is 0 Å². The Balaban J connectivity index is 1.81. The number of hydrogen-bond donors (Lipinski definition) is 1. The van der Waals surface area contributed by atoms with Crippen molar-refractivity contribution in [2.24, 2.45) is 0 Å². The summed E-state index contributed by atoms with van der Waals surface area (Å²) in [4.78, 5) is 37.0. The lowest BCUT2D eigenvalue weighted by Gasteiger charge is -2.50. The number of nitrogens with zero attached hydrogens (tertiary/aromatic N) is 3. The molecule has 144 valence electrons. The first kappa shape index (κ1) is 19.2. The minimum absolute atomic E-state index is 0.00386. The summed E-state index contributed by atoms with van der Waals surface area (Å²) in [6.07, 6.45) is 3.93. The largest absolute Gasteiger partial charge is 0.375 e. The highest BCUT2D eigenvalue weighted by atomic mass is 32.2. The maximum absolute atomic E-state index is 12.7. The van der Waals surface area contributed by atoms with Crippen molar-refractivity contribution in [1.29, 1.82) is 0 Å². The number of H-pyrrole nitrogens is 1. The van der Waals surface area contributed by atoms with Gasteiger partial charge in [-0.3, -0.25) is 9.59 Å². The Morgan fingerprint density at radius 2 is 2.12 bits per heavy atom. The molecule has 0 radical (unpaired) electrons. The van der Waals surface area contributed by atoms with Crippen LogP contribution >= 0.6 is 11.8 Å². The van der Waals surface area contributed by atoms with E-state index in [4.69, 9.17) is 4.74 Å². The van der Waals surface area contributed by atoms with E-state index in [1.54, 1.807) is 25.2 Å². The van der Waals surface area contributed by atoms with Gasteiger partial charge in [-0.2, -0.15) is 0 Å². The van der Waals surface area contributed by atoms with E-state index in [-0.39, 0.29) is 23.7 Å². The van der Waals surface area contributed by atoms with Gasteiger partial charge in [0.25, 0.3) is 0 Å². The molecule has 7 nitrogen and oxygen atoms in total. The van der Waals surface area contributed by atoms with Gasteiger partial charge in [-0.15, -0.1) is 11.8 Å². The van der Waals surface area contributed by atoms with E-state index in [0.29, 0.717) is 19.6 Å². The quantitative estimate of drug-likeness (QED) is 0.835. The molecule has 3 heterocycles. The molecule has 26 heavy (non-hydrogen) atoms. The number of aromatic amines is 1. The van der Waals surface area contributed by atoms with Crippen LogP contribution in [0.4, 0.5) is 0 Å². The van der Waals surface area contributed by atoms with Gasteiger partial charge in [0.1, 0.15) is 6.61 Å². The Hall–Kier alpha value is -1.54. The number of aromatic nitrogens is 2. The Kier molecular flexibility index (Phi) is 5.92. The Labute approximate surface area is 158 Å². The van der Waals surface area contributed by atoms with Crippen molar-refractivity contribution < 1.29 is 14.3 Å². The van der Waals surface area contributed by atoms with Gasteiger partial charge in [0.2, 0.25) is 11.8 Å². The second kappa shape index (κ2) is 8.00. The Bertz CT molecular complexity index is 655. The van der Waals surface area contributed by atoms with Gasteiger partial charge in [0.15, 0.2) is 0 Å². The lowest BCUT2D eigenvalue weighted by Crippen LogP contribution is -2.60. The molecule has 2 aliphatic heterocycles. The highest BCUT2D eigenvalue weighted by molar-refractivity contribution is 8.00. The minimum atomic E-state index is -0.429. The number of piperidine rings is 1. The first-order valence-electron chi connectivity index (χ1n) is 9.26. The lowest BCUT2D eigenvalue weighted by molar-refractivity contribution is -0.147. The fourth-order valence-electron chi connectivity index (χ4n) is 4.23. The predicted octanol–water partition coefficient (Wildman–Crippen LogP) is 1.40. The highest BCUT2D eigenvalue weighted by Gasteiger charge is 2.49. The van der Waals surface area contributed by atoms with Crippen LogP contribution in [-0.2, 0) is 26.3 Å². The molecule has 0 unspecified atom stereocenters. The number of carbonyl (C=O) groups excluding carboxylic acids is 2. The number of rotatable bonds is 5. The Morgan fingerprint density at radius 3 is 2.77 bits per heavy atom. The topological polar surface area (TPSA) is 78.5 Å². The summed E-state index contributed by atoms with van der Waals surface area (Å²) in [6, 6.07) is 0. The summed E-state index contributed by atoms with van der Waals surface area (Å²) in [5.74, 6) is 1.12. The normalized spacial score (nSPS) is 20.1. The smallest absolute Gasteiger partial charge is 0.249 e. The second-order valence-corrected chi connectivity index (χ2v) is 8.53. The number of carbonyl (C=O) groups is 2. The fourth-order valence-corrected chi connectivity index (χ4v) is 5.02. The van der Waals surface area contributed by atoms with Crippen LogP contribution in [0.15, 0.2) is 6.33 Å². The molecule has 0 aromatic carbocycles. The molecule has 1 N–H and O–H groups in total. The van der Waals surface area contributed by atoms with Gasteiger partial charge in [-0.05, 0) is 25.5 Å². The third kappa shape index (κ3) is 3.36. The number of imidazole rings is 1. The van der Waals surface area contributed by atoms with E-state index in [1.165, 1.54) is 0 Å². The maximum Gasteiger partial charge on any atom is 0.249 e. The summed E-state index contributed by atoms with van der Waals surface area (Å²) < 4.78 is 5.09. The summed E-state index contributed by atoms with van der Waals surface area (Å²) in [5, 5.41) is -0.0208. The number of hydrogen-bond acceptors (Lipinski definition) is 5. The maximum atomic E-state index is 12.7. The van der Waals surface area contributed by atoms with Crippen LogP contribution in [0.5, 0.6) is 0 Å². The molecular formula is C18H28N4O3S. The molecule has 1 fully saturated rings. The second-order valence-electron chi connectivity index (χ2n) is 6.91. The molecule has 1 atom stereocenters. The molecule has 0 saturated carbocycles. The van der Waals surface area contributed by atoms with Crippen molar-refractivity contribution >= 4 is 23.6 Å². The van der Waals surface area contributed by atoms with Crippen molar-refractivity contribution in [1.82, 2.24) is 19.8 Å². The number of ether oxygens (including phenoxy) is 1. The molecule has 1 saturated heterocycles. The third-order valence-corrected chi connectivity index (χ3v) is 6.53. The van der Waals surface area contributed by atoms with Gasteiger partial charge >= 0.3 is 0 Å². The monoisotopic (exact) mass is 380 g/mol. The number of fused-ring (bicyclic) bond motifs is 2. The number of thioether (sulfide) groups is 1. The third-order valence-electron chi connectivity index (χ3n) is 5.50. The summed E-state index contributed by atoms with van der Waals surface area (Å²) >= 11 is 1.67. The highest BCUT2D eigenvalue weighted by Crippen LogP contribution is 2.42. The average molecular weight is 381 g/mol. The van der Waals surface area contributed by atoms with Crippen LogP contribution in [0.1, 0.15) is 38.1 Å². The van der Waals surface area contributed by atoms with E-state index in [1.807, 2.05) is 16.7 Å². The molecule has 1 spiro atoms. The zero-order chi connectivity index (χ0) is 18.7. The van der Waals surface area contributed by atoms with Crippen LogP contribution in [0, 0.1) is 0 Å². The van der Waals surface area contributed by atoms with E-state index in [9.17, 15) is 9.59 Å². The lowest BCUT2D eigenvalue weighted by atomic mass is 9.78. The minimum Gasteiger partial charge on any atom is -0.375 e. The molecule has 2 aliphatic rings. The summed E-state index contributed by atoms with van der Waals surface area (Å²) in [7, 11) is 1.54. The first-order chi connectivity index (χ1) is 12.5. The number of methoxy groups -OCH3 is 1. The molecule has 0 bridgehead atoms. The van der Waals surface area contributed by atoms with Crippen molar-refractivity contribution in [3.05, 3.63) is 17.7 Å². The van der Waals surface area contributed by atoms with E-state index in [0.717, 1.165) is 36.4 Å². The van der Waals surface area contributed by atoms with E-state index < -0.39 is 5.54 Å². The van der Waals surface area contributed by atoms with Crippen molar-refractivity contribution in [2.45, 2.75) is 43.9 Å². The van der Waals surface area contributed by atoms with Crippen LogP contribution in [0.25, 0.3) is 0 Å². The van der Waals surface area contributed by atoms with Gasteiger partial charge in [0.05, 0.1) is 22.8 Å². The van der Waals surface area contributed by atoms with Gasteiger partial charge in [-0.1, -0.05) is 6.92 Å². The van der Waals surface area contributed by atoms with Crippen molar-refractivity contribution in [3.63, 3.8) is 0 Å². The molecule has 0 aliphatic carbocycles. The molecule has 8 heteroatoms. The summed E-state index contributed by atoms with van der Waals surface area (Å²) in [5.41, 5.74) is 1.65. The average Bonchev–Trinajstić information content (AvgIpc) is 3.12. The summed E-state index contributed by atoms with van der Waals surface area (Å²) in [6.45, 7) is 6.08. The van der Waals surface area contributed by atoms with Crippen molar-refractivity contribution in [3.8, 4) is 0 Å². The molecule has 3 rings (SSSR count). The molecule has 2 amide bonds. The number of nitrogens with one attached hydrogen (secondary N) is 1. The van der Waals surface area contributed by atoms with Crippen molar-refractivity contribution in [2.75, 3.05) is 39.1 Å².